The maximum atomic E-state index is 6.64. The van der Waals surface area contributed by atoms with Crippen molar-refractivity contribution in [1.29, 1.82) is 5.41 Å². The molecule has 0 amide bonds. The molecule has 0 fully saturated rings. The van der Waals surface area contributed by atoms with Gasteiger partial charge in [0.05, 0.1) is 0 Å². The third-order valence-electron chi connectivity index (χ3n) is 0.520. The van der Waals surface area contributed by atoms with Gasteiger partial charge in [0.15, 0.2) is 0 Å². The maximum Gasteiger partial charge on any atom is 0.0221 e. The molecule has 0 unspecified atom stereocenters. The van der Waals surface area contributed by atoms with E-state index in [4.69, 9.17) is 5.41 Å². The Kier molecular flexibility index (Phi) is 3.50. The molecule has 0 saturated carbocycles. The van der Waals surface area contributed by atoms with E-state index in [0.717, 1.165) is 5.57 Å². The van der Waals surface area contributed by atoms with Crippen LogP contribution in [-0.2, 0) is 0 Å². The first-order valence-electron chi connectivity index (χ1n) is 1.88. The summed E-state index contributed by atoms with van der Waals surface area (Å²) in [7, 11) is 0. The highest BCUT2D eigenvalue weighted by molar-refractivity contribution is 7.78. The summed E-state index contributed by atoms with van der Waals surface area (Å²) in [6.45, 7) is 1.82. The van der Waals surface area contributed by atoms with Crippen LogP contribution in [0.3, 0.4) is 0 Å². The molecule has 0 atom stereocenters. The predicted molar refractivity (Wildman–Crippen MR) is 34.7 cm³/mol. The van der Waals surface area contributed by atoms with E-state index in [1.165, 1.54) is 6.21 Å². The Morgan fingerprint density at radius 1 is 1.86 bits per heavy atom. The van der Waals surface area contributed by atoms with Gasteiger partial charge < -0.3 is 10.1 Å². The van der Waals surface area contributed by atoms with Gasteiger partial charge in [-0.15, -0.1) is 0 Å². The summed E-state index contributed by atoms with van der Waals surface area (Å²) >= 11 is 3.68. The lowest BCUT2D eigenvalue weighted by molar-refractivity contribution is 1.37. The van der Waals surface area contributed by atoms with Gasteiger partial charge in [-0.2, -0.15) is 0 Å². The van der Waals surface area contributed by atoms with Crippen molar-refractivity contribution in [2.75, 3.05) is 0 Å². The van der Waals surface area contributed by atoms with E-state index in [-0.39, 0.29) is 0 Å². The Morgan fingerprint density at radius 2 is 2.43 bits per heavy atom. The first-order chi connectivity index (χ1) is 3.31. The summed E-state index contributed by atoms with van der Waals surface area (Å²) in [4.78, 5) is 0. The first kappa shape index (κ1) is 6.56. The van der Waals surface area contributed by atoms with Crippen molar-refractivity contribution in [3.63, 3.8) is 0 Å². The molecule has 0 aromatic carbocycles. The van der Waals surface area contributed by atoms with Gasteiger partial charge in [-0.25, -0.2) is 0 Å². The van der Waals surface area contributed by atoms with Crippen LogP contribution in [0.15, 0.2) is 11.8 Å². The van der Waals surface area contributed by atoms with Crippen LogP contribution in [0.4, 0.5) is 0 Å². The third kappa shape index (κ3) is 3.39. The molecule has 2 nitrogen and oxygen atoms in total. The SMILES string of the molecule is C/C(C=N)=C/NS. The standard InChI is InChI=1S/C4H8N2S/c1-4(2-5)3-6-7/h2-3,5-7H,1H3/b4-3-,5-2?. The smallest absolute Gasteiger partial charge is 0.0221 e. The number of thiol groups is 1. The second-order valence-corrected chi connectivity index (χ2v) is 1.42. The molecule has 2 N–H and O–H groups in total. The van der Waals surface area contributed by atoms with Crippen LogP contribution in [0.5, 0.6) is 0 Å². The van der Waals surface area contributed by atoms with Gasteiger partial charge in [0.2, 0.25) is 0 Å². The highest BCUT2D eigenvalue weighted by Gasteiger charge is 1.72. The fraction of sp³-hybridized carbons (Fsp3) is 0.250. The molecule has 0 spiro atoms. The summed E-state index contributed by atoms with van der Waals surface area (Å²) in [5.74, 6) is 0. The lowest BCUT2D eigenvalue weighted by Crippen LogP contribution is -1.85. The minimum atomic E-state index is 0.856. The van der Waals surface area contributed by atoms with E-state index in [1.807, 2.05) is 6.92 Å². The molecule has 3 heteroatoms. The Balaban J connectivity index is 3.49. The number of rotatable bonds is 2. The van der Waals surface area contributed by atoms with Crippen molar-refractivity contribution in [3.05, 3.63) is 11.8 Å². The minimum absolute atomic E-state index is 0.856. The van der Waals surface area contributed by atoms with Crippen LogP contribution < -0.4 is 4.72 Å². The normalized spacial score (nSPS) is 10.9. The summed E-state index contributed by atoms with van der Waals surface area (Å²) in [6.07, 6.45) is 2.89. The molecular weight excluding hydrogens is 108 g/mol. The molecule has 0 aliphatic carbocycles. The minimum Gasteiger partial charge on any atom is -0.339 e. The number of hydrogen-bond acceptors (Lipinski definition) is 3. The Morgan fingerprint density at radius 3 is 2.57 bits per heavy atom. The highest BCUT2D eigenvalue weighted by atomic mass is 32.1. The molecule has 40 valence electrons. The number of allylic oxidation sites excluding steroid dienone is 1. The topological polar surface area (TPSA) is 35.9 Å². The number of hydrogen-bond donors (Lipinski definition) is 3. The fourth-order valence-electron chi connectivity index (χ4n) is 0.143. The molecule has 0 bridgehead atoms. The van der Waals surface area contributed by atoms with E-state index in [1.54, 1.807) is 6.20 Å². The van der Waals surface area contributed by atoms with Crippen LogP contribution in [0.1, 0.15) is 6.92 Å². The van der Waals surface area contributed by atoms with Gasteiger partial charge >= 0.3 is 0 Å². The predicted octanol–water partition coefficient (Wildman–Crippen LogP) is 0.974. The van der Waals surface area contributed by atoms with Gasteiger partial charge in [0.25, 0.3) is 0 Å². The van der Waals surface area contributed by atoms with Crippen LogP contribution in [0.25, 0.3) is 0 Å². The number of nitrogens with one attached hydrogen (secondary N) is 2. The Labute approximate surface area is 48.7 Å². The summed E-state index contributed by atoms with van der Waals surface area (Å²) in [6, 6.07) is 0. The summed E-state index contributed by atoms with van der Waals surface area (Å²) < 4.78 is 2.50. The van der Waals surface area contributed by atoms with Gasteiger partial charge in [-0.05, 0) is 12.5 Å². The highest BCUT2D eigenvalue weighted by Crippen LogP contribution is 1.80. The van der Waals surface area contributed by atoms with E-state index in [2.05, 4.69) is 17.5 Å². The van der Waals surface area contributed by atoms with Crippen molar-refractivity contribution < 1.29 is 0 Å². The zero-order valence-electron chi connectivity index (χ0n) is 4.10. The van der Waals surface area contributed by atoms with Crippen LogP contribution in [0.2, 0.25) is 0 Å². The van der Waals surface area contributed by atoms with Crippen LogP contribution in [-0.4, -0.2) is 6.21 Å². The van der Waals surface area contributed by atoms with Gasteiger partial charge in [0.1, 0.15) is 0 Å². The molecule has 0 rings (SSSR count). The molecule has 0 aliphatic rings. The van der Waals surface area contributed by atoms with Crippen molar-refractivity contribution in [2.45, 2.75) is 6.92 Å². The lowest BCUT2D eigenvalue weighted by Gasteiger charge is -1.84. The van der Waals surface area contributed by atoms with Crippen molar-refractivity contribution >= 4 is 19.0 Å². The average molecular weight is 116 g/mol. The van der Waals surface area contributed by atoms with E-state index in [9.17, 15) is 0 Å². The van der Waals surface area contributed by atoms with Crippen LogP contribution >= 0.6 is 12.8 Å². The first-order valence-corrected chi connectivity index (χ1v) is 2.33. The molecule has 0 aliphatic heterocycles. The summed E-state index contributed by atoms with van der Waals surface area (Å²) in [5, 5.41) is 6.64. The molecule has 0 aromatic rings. The van der Waals surface area contributed by atoms with Crippen LogP contribution in [0, 0.1) is 5.41 Å². The van der Waals surface area contributed by atoms with Crippen molar-refractivity contribution in [3.8, 4) is 0 Å². The molecule has 0 heterocycles. The van der Waals surface area contributed by atoms with Crippen molar-refractivity contribution in [1.82, 2.24) is 4.72 Å². The molecule has 0 radical (unpaired) electrons. The Bertz CT molecular complexity index is 87.7. The monoisotopic (exact) mass is 116 g/mol. The van der Waals surface area contributed by atoms with E-state index < -0.39 is 0 Å². The van der Waals surface area contributed by atoms with E-state index >= 15 is 0 Å². The zero-order valence-corrected chi connectivity index (χ0v) is 5.00. The largest absolute Gasteiger partial charge is 0.339 e. The van der Waals surface area contributed by atoms with Gasteiger partial charge in [-0.1, -0.05) is 12.8 Å². The average Bonchev–Trinajstić information content (AvgIpc) is 1.68. The Hall–Kier alpha value is -0.440. The van der Waals surface area contributed by atoms with E-state index in [0.29, 0.717) is 0 Å². The lowest BCUT2D eigenvalue weighted by atomic mass is 10.4. The van der Waals surface area contributed by atoms with Gasteiger partial charge in [-0.3, -0.25) is 0 Å². The van der Waals surface area contributed by atoms with Gasteiger partial charge in [0, 0.05) is 12.4 Å². The molecular formula is C4H8N2S. The van der Waals surface area contributed by atoms with Crippen molar-refractivity contribution in [2.24, 2.45) is 0 Å². The fourth-order valence-corrected chi connectivity index (χ4v) is 0.347. The molecule has 7 heavy (non-hydrogen) atoms. The quantitative estimate of drug-likeness (QED) is 0.365. The third-order valence-corrected chi connectivity index (χ3v) is 0.649. The summed E-state index contributed by atoms with van der Waals surface area (Å²) in [5.41, 5.74) is 0.856. The second-order valence-electron chi connectivity index (χ2n) is 1.16. The second kappa shape index (κ2) is 3.74. The molecule has 0 aromatic heterocycles. The maximum absolute atomic E-state index is 6.64. The molecule has 0 saturated heterocycles. The zero-order chi connectivity index (χ0) is 5.70.